The summed E-state index contributed by atoms with van der Waals surface area (Å²) < 4.78 is 0. The third-order valence-electron chi connectivity index (χ3n) is 5.94. The van der Waals surface area contributed by atoms with E-state index in [0.717, 1.165) is 29.7 Å². The highest BCUT2D eigenvalue weighted by atomic mass is 16.3. The second-order valence-electron chi connectivity index (χ2n) is 8.02. The van der Waals surface area contributed by atoms with Gasteiger partial charge < -0.3 is 10.0 Å². The van der Waals surface area contributed by atoms with E-state index in [1.807, 2.05) is 29.2 Å². The fourth-order valence-electron chi connectivity index (χ4n) is 4.33. The van der Waals surface area contributed by atoms with Gasteiger partial charge in [0.15, 0.2) is 0 Å². The number of aliphatic hydroxyl groups excluding tert-OH is 1. The summed E-state index contributed by atoms with van der Waals surface area (Å²) in [5.41, 5.74) is 1.97. The fraction of sp³-hybridized carbons (Fsp3) is 0.545. The van der Waals surface area contributed by atoms with Crippen LogP contribution in [0.1, 0.15) is 31.4 Å². The summed E-state index contributed by atoms with van der Waals surface area (Å²) >= 11 is 0. The minimum absolute atomic E-state index is 0.0618. The Morgan fingerprint density at radius 1 is 1.04 bits per heavy atom. The smallest absolute Gasteiger partial charge is 0.236 e. The minimum Gasteiger partial charge on any atom is -0.391 e. The number of β-amino-alcohol motifs (C(OH)–C–C–N with tert-alkyl or cyclic N) is 1. The molecule has 2 atom stereocenters. The quantitative estimate of drug-likeness (QED) is 0.902. The largest absolute Gasteiger partial charge is 0.391 e. The highest BCUT2D eigenvalue weighted by molar-refractivity contribution is 5.79. The van der Waals surface area contributed by atoms with E-state index in [0.29, 0.717) is 26.1 Å². The van der Waals surface area contributed by atoms with Crippen molar-refractivity contribution in [2.24, 2.45) is 5.92 Å². The van der Waals surface area contributed by atoms with Gasteiger partial charge in [0.1, 0.15) is 0 Å². The fourth-order valence-corrected chi connectivity index (χ4v) is 4.33. The van der Waals surface area contributed by atoms with Crippen LogP contribution in [-0.2, 0) is 11.2 Å². The number of aliphatic hydroxyl groups is 1. The van der Waals surface area contributed by atoms with Crippen molar-refractivity contribution in [1.29, 1.82) is 0 Å². The molecule has 3 heterocycles. The number of pyridine rings is 1. The van der Waals surface area contributed by atoms with Gasteiger partial charge in [-0.05, 0) is 44.5 Å². The predicted octanol–water partition coefficient (Wildman–Crippen LogP) is 2.47. The van der Waals surface area contributed by atoms with Crippen molar-refractivity contribution in [2.45, 2.75) is 38.2 Å². The Morgan fingerprint density at radius 3 is 2.63 bits per heavy atom. The van der Waals surface area contributed by atoms with Gasteiger partial charge in [-0.25, -0.2) is 0 Å². The molecule has 1 aromatic heterocycles. The van der Waals surface area contributed by atoms with Crippen molar-refractivity contribution >= 4 is 16.8 Å². The molecular weight excluding hydrogens is 338 g/mol. The molecule has 2 saturated heterocycles. The van der Waals surface area contributed by atoms with Crippen molar-refractivity contribution in [2.75, 3.05) is 32.7 Å². The summed E-state index contributed by atoms with van der Waals surface area (Å²) in [5, 5.41) is 11.6. The topological polar surface area (TPSA) is 56.7 Å². The third-order valence-corrected chi connectivity index (χ3v) is 5.94. The van der Waals surface area contributed by atoms with E-state index in [4.69, 9.17) is 4.98 Å². The zero-order valence-electron chi connectivity index (χ0n) is 15.9. The first-order chi connectivity index (χ1) is 13.2. The van der Waals surface area contributed by atoms with Crippen molar-refractivity contribution < 1.29 is 9.90 Å². The van der Waals surface area contributed by atoms with Crippen LogP contribution in [0, 0.1) is 5.92 Å². The molecule has 5 heteroatoms. The summed E-state index contributed by atoms with van der Waals surface area (Å²) in [6, 6.07) is 12.2. The van der Waals surface area contributed by atoms with Crippen LogP contribution in [0.3, 0.4) is 0 Å². The molecule has 2 aromatic rings. The lowest BCUT2D eigenvalue weighted by Crippen LogP contribution is -2.40. The Labute approximate surface area is 161 Å². The molecule has 144 valence electrons. The zero-order valence-corrected chi connectivity index (χ0v) is 15.9. The zero-order chi connectivity index (χ0) is 18.6. The molecule has 4 rings (SSSR count). The predicted molar refractivity (Wildman–Crippen MR) is 106 cm³/mol. The Hall–Kier alpha value is -1.98. The van der Waals surface area contributed by atoms with E-state index >= 15 is 0 Å². The number of rotatable bonds is 4. The molecule has 27 heavy (non-hydrogen) atoms. The first kappa shape index (κ1) is 18.4. The molecule has 0 unspecified atom stereocenters. The molecule has 1 amide bonds. The number of para-hydroxylation sites is 1. The second kappa shape index (κ2) is 8.36. The monoisotopic (exact) mass is 367 g/mol. The number of fused-ring (bicyclic) bond motifs is 1. The number of hydrogen-bond acceptors (Lipinski definition) is 4. The van der Waals surface area contributed by atoms with E-state index in [1.165, 1.54) is 25.7 Å². The molecule has 0 saturated carbocycles. The van der Waals surface area contributed by atoms with E-state index in [9.17, 15) is 9.90 Å². The van der Waals surface area contributed by atoms with Crippen molar-refractivity contribution in [1.82, 2.24) is 14.8 Å². The lowest BCUT2D eigenvalue weighted by atomic mass is 9.99. The highest BCUT2D eigenvalue weighted by Gasteiger charge is 2.34. The summed E-state index contributed by atoms with van der Waals surface area (Å²) in [7, 11) is 0. The van der Waals surface area contributed by atoms with Crippen molar-refractivity contribution in [3.63, 3.8) is 0 Å². The average molecular weight is 367 g/mol. The van der Waals surface area contributed by atoms with Crippen molar-refractivity contribution in [3.05, 3.63) is 42.1 Å². The number of amides is 1. The van der Waals surface area contributed by atoms with Crippen LogP contribution in [0.2, 0.25) is 0 Å². The Balaban J connectivity index is 1.36. The first-order valence-electron chi connectivity index (χ1n) is 10.2. The molecule has 0 radical (unpaired) electrons. The number of nitrogens with zero attached hydrogens (tertiary/aromatic N) is 3. The van der Waals surface area contributed by atoms with Gasteiger partial charge in [-0.1, -0.05) is 37.1 Å². The van der Waals surface area contributed by atoms with Crippen LogP contribution in [0.5, 0.6) is 0 Å². The maximum atomic E-state index is 12.7. The summed E-state index contributed by atoms with van der Waals surface area (Å²) in [4.78, 5) is 21.6. The third kappa shape index (κ3) is 4.47. The molecular formula is C22H29N3O2. The van der Waals surface area contributed by atoms with Gasteiger partial charge in [0.2, 0.25) is 5.91 Å². The highest BCUT2D eigenvalue weighted by Crippen LogP contribution is 2.23. The number of likely N-dealkylation sites (tertiary alicyclic amines) is 2. The SMILES string of the molecule is O=C(CN1CCCCCC1)N1C[C@@H](Cc2ccc3ccccc3n2)[C@H](O)C1. The summed E-state index contributed by atoms with van der Waals surface area (Å²) in [6.07, 6.45) is 5.16. The molecule has 5 nitrogen and oxygen atoms in total. The van der Waals surface area contributed by atoms with Crippen molar-refractivity contribution in [3.8, 4) is 0 Å². The molecule has 1 aromatic carbocycles. The van der Waals surface area contributed by atoms with E-state index in [2.05, 4.69) is 17.0 Å². The van der Waals surface area contributed by atoms with Crippen LogP contribution < -0.4 is 0 Å². The van der Waals surface area contributed by atoms with Gasteiger partial charge in [-0.2, -0.15) is 0 Å². The van der Waals surface area contributed by atoms with Gasteiger partial charge in [-0.15, -0.1) is 0 Å². The van der Waals surface area contributed by atoms with Crippen LogP contribution in [0.25, 0.3) is 10.9 Å². The minimum atomic E-state index is -0.466. The van der Waals surface area contributed by atoms with Crippen LogP contribution >= 0.6 is 0 Å². The van der Waals surface area contributed by atoms with Gasteiger partial charge in [-0.3, -0.25) is 14.7 Å². The number of aromatic nitrogens is 1. The molecule has 0 aliphatic carbocycles. The lowest BCUT2D eigenvalue weighted by Gasteiger charge is -2.23. The maximum absolute atomic E-state index is 12.7. The molecule has 0 bridgehead atoms. The first-order valence-corrected chi connectivity index (χ1v) is 10.2. The summed E-state index contributed by atoms with van der Waals surface area (Å²) in [5.74, 6) is 0.219. The number of benzene rings is 1. The average Bonchev–Trinajstić information content (AvgIpc) is 2.88. The Bertz CT molecular complexity index is 786. The van der Waals surface area contributed by atoms with Crippen LogP contribution in [0.15, 0.2) is 36.4 Å². The number of carbonyl (C=O) groups is 1. The van der Waals surface area contributed by atoms with Crippen LogP contribution in [0.4, 0.5) is 0 Å². The van der Waals surface area contributed by atoms with E-state index < -0.39 is 6.10 Å². The molecule has 0 spiro atoms. The molecule has 2 aliphatic heterocycles. The maximum Gasteiger partial charge on any atom is 0.236 e. The Morgan fingerprint density at radius 2 is 1.81 bits per heavy atom. The van der Waals surface area contributed by atoms with E-state index in [1.54, 1.807) is 0 Å². The normalized spacial score (nSPS) is 24.3. The van der Waals surface area contributed by atoms with E-state index in [-0.39, 0.29) is 11.8 Å². The number of carbonyl (C=O) groups excluding carboxylic acids is 1. The van der Waals surface area contributed by atoms with Gasteiger partial charge in [0, 0.05) is 30.1 Å². The Kier molecular flexibility index (Phi) is 5.69. The van der Waals surface area contributed by atoms with Gasteiger partial charge in [0.25, 0.3) is 0 Å². The summed E-state index contributed by atoms with van der Waals surface area (Å²) in [6.45, 7) is 3.61. The molecule has 1 N–H and O–H groups in total. The lowest BCUT2D eigenvalue weighted by molar-refractivity contribution is -0.131. The molecule has 2 fully saturated rings. The van der Waals surface area contributed by atoms with Gasteiger partial charge >= 0.3 is 0 Å². The molecule has 2 aliphatic rings. The second-order valence-corrected chi connectivity index (χ2v) is 8.02. The van der Waals surface area contributed by atoms with Crippen LogP contribution in [-0.4, -0.2) is 64.6 Å². The number of hydrogen-bond donors (Lipinski definition) is 1. The van der Waals surface area contributed by atoms with Gasteiger partial charge in [0.05, 0.1) is 18.2 Å². The standard InChI is InChI=1S/C22H29N3O2/c26-21-15-25(22(27)16-24-11-5-1-2-6-12-24)14-18(21)13-19-10-9-17-7-3-4-8-20(17)23-19/h3-4,7-10,18,21,26H,1-2,5-6,11-16H2/t18-,21-/m1/s1.